The Morgan fingerprint density at radius 2 is 1.81 bits per heavy atom. The highest BCUT2D eigenvalue weighted by Crippen LogP contribution is 2.34. The number of fused-ring (bicyclic) bond motifs is 1. The number of quaternary nitrogens is 2. The van der Waals surface area contributed by atoms with Gasteiger partial charge in [0.15, 0.2) is 17.5 Å². The van der Waals surface area contributed by atoms with Crippen LogP contribution in [-0.2, 0) is 13.0 Å². The van der Waals surface area contributed by atoms with Crippen molar-refractivity contribution in [1.82, 2.24) is 0 Å². The van der Waals surface area contributed by atoms with Crippen LogP contribution >= 0.6 is 0 Å². The lowest BCUT2D eigenvalue weighted by atomic mass is 9.88. The van der Waals surface area contributed by atoms with Gasteiger partial charge in [0.05, 0.1) is 27.9 Å². The molecule has 26 heavy (non-hydrogen) atoms. The van der Waals surface area contributed by atoms with Crippen molar-refractivity contribution in [3.8, 4) is 17.2 Å². The first-order valence-electron chi connectivity index (χ1n) is 9.12. The zero-order valence-corrected chi connectivity index (χ0v) is 16.2. The van der Waals surface area contributed by atoms with Crippen molar-refractivity contribution < 1.29 is 24.8 Å². The molecule has 0 radical (unpaired) electrons. The number of benzene rings is 2. The van der Waals surface area contributed by atoms with Crippen LogP contribution in [0.15, 0.2) is 36.4 Å². The number of hydrogen-bond acceptors (Lipinski definition) is 3. The van der Waals surface area contributed by atoms with Crippen LogP contribution in [0, 0.1) is 0 Å². The van der Waals surface area contributed by atoms with Gasteiger partial charge in [-0.1, -0.05) is 12.1 Å². The van der Waals surface area contributed by atoms with Gasteiger partial charge in [-0.05, 0) is 36.8 Å². The summed E-state index contributed by atoms with van der Waals surface area (Å²) in [5.41, 5.74) is 8.33. The summed E-state index contributed by atoms with van der Waals surface area (Å²) in [5.74, 6) is 2.50. The summed E-state index contributed by atoms with van der Waals surface area (Å²) >= 11 is 0. The van der Waals surface area contributed by atoms with Crippen LogP contribution in [0.5, 0.6) is 17.2 Å². The van der Waals surface area contributed by atoms with E-state index in [-0.39, 0.29) is 6.04 Å². The fourth-order valence-corrected chi connectivity index (χ4v) is 4.07. The van der Waals surface area contributed by atoms with Gasteiger partial charge in [-0.25, -0.2) is 0 Å². The van der Waals surface area contributed by atoms with Gasteiger partial charge in [-0.15, -0.1) is 0 Å². The van der Waals surface area contributed by atoms with Crippen molar-refractivity contribution in [2.45, 2.75) is 32.0 Å². The van der Waals surface area contributed by atoms with Gasteiger partial charge in [-0.2, -0.15) is 0 Å². The van der Waals surface area contributed by atoms with Gasteiger partial charge in [0, 0.05) is 17.5 Å². The topological polar surface area (TPSA) is 59.8 Å². The Bertz CT molecular complexity index is 761. The SMILES string of the molecule is COc1cccc(C[NH+]2CCc3cc(OC)c(OC)cc3[C@@H]2[C@@H](C)[NH3+])c1. The summed E-state index contributed by atoms with van der Waals surface area (Å²) in [4.78, 5) is 1.53. The van der Waals surface area contributed by atoms with E-state index in [9.17, 15) is 0 Å². The lowest BCUT2D eigenvalue weighted by Crippen LogP contribution is -3.14. The van der Waals surface area contributed by atoms with E-state index in [1.54, 1.807) is 21.3 Å². The molecular formula is C21H30N2O3+2. The Hall–Kier alpha value is -2.24. The van der Waals surface area contributed by atoms with Crippen molar-refractivity contribution in [3.63, 3.8) is 0 Å². The lowest BCUT2D eigenvalue weighted by Gasteiger charge is -2.35. The van der Waals surface area contributed by atoms with Crippen molar-refractivity contribution in [3.05, 3.63) is 53.1 Å². The van der Waals surface area contributed by atoms with Gasteiger partial charge >= 0.3 is 0 Å². The number of nitrogens with one attached hydrogen (secondary N) is 1. The molecule has 0 fully saturated rings. The van der Waals surface area contributed by atoms with Gasteiger partial charge < -0.3 is 24.8 Å². The molecule has 0 amide bonds. The van der Waals surface area contributed by atoms with Crippen molar-refractivity contribution >= 4 is 0 Å². The van der Waals surface area contributed by atoms with Crippen LogP contribution in [0.1, 0.15) is 29.7 Å². The molecule has 3 rings (SSSR count). The molecule has 1 aliphatic heterocycles. The minimum atomic E-state index is 0.285. The molecule has 2 aromatic rings. The molecule has 0 saturated carbocycles. The Kier molecular flexibility index (Phi) is 5.69. The van der Waals surface area contributed by atoms with E-state index in [1.165, 1.54) is 21.6 Å². The highest BCUT2D eigenvalue weighted by molar-refractivity contribution is 5.49. The van der Waals surface area contributed by atoms with E-state index in [1.807, 2.05) is 6.07 Å². The Balaban J connectivity index is 1.94. The molecule has 5 heteroatoms. The maximum atomic E-state index is 5.54. The molecule has 1 heterocycles. The van der Waals surface area contributed by atoms with Crippen LogP contribution in [0.3, 0.4) is 0 Å². The third-order valence-electron chi connectivity index (χ3n) is 5.27. The van der Waals surface area contributed by atoms with E-state index in [2.05, 4.69) is 43.0 Å². The van der Waals surface area contributed by atoms with Crippen LogP contribution < -0.4 is 24.8 Å². The molecule has 0 saturated heterocycles. The van der Waals surface area contributed by atoms with Crippen molar-refractivity contribution in [2.24, 2.45) is 0 Å². The number of rotatable bonds is 6. The standard InChI is InChI=1S/C21H28N2O3/c1-14(22)21-18-12-20(26-4)19(25-3)11-16(18)8-9-23(21)13-15-6-5-7-17(10-15)24-2/h5-7,10-12,14,21H,8-9,13,22H2,1-4H3/p+2/t14-,21+/m1/s1. The third-order valence-corrected chi connectivity index (χ3v) is 5.27. The summed E-state index contributed by atoms with van der Waals surface area (Å²) in [5, 5.41) is 0. The first kappa shape index (κ1) is 18.5. The fourth-order valence-electron chi connectivity index (χ4n) is 4.07. The molecule has 2 aromatic carbocycles. The van der Waals surface area contributed by atoms with Crippen molar-refractivity contribution in [2.75, 3.05) is 27.9 Å². The van der Waals surface area contributed by atoms with Crippen LogP contribution in [0.2, 0.25) is 0 Å². The van der Waals surface area contributed by atoms with Crippen LogP contribution in [0.4, 0.5) is 0 Å². The summed E-state index contributed by atoms with van der Waals surface area (Å²) in [6, 6.07) is 13.2. The number of hydrogen-bond donors (Lipinski definition) is 2. The second kappa shape index (κ2) is 7.98. The van der Waals surface area contributed by atoms with Gasteiger partial charge in [0.25, 0.3) is 0 Å². The maximum absolute atomic E-state index is 5.54. The highest BCUT2D eigenvalue weighted by atomic mass is 16.5. The Labute approximate surface area is 155 Å². The molecule has 140 valence electrons. The molecule has 0 aromatic heterocycles. The third kappa shape index (κ3) is 3.64. The first-order valence-corrected chi connectivity index (χ1v) is 9.12. The maximum Gasteiger partial charge on any atom is 0.166 e. The molecule has 0 spiro atoms. The van der Waals surface area contributed by atoms with Gasteiger partial charge in [0.2, 0.25) is 0 Å². The van der Waals surface area contributed by atoms with E-state index in [0.717, 1.165) is 36.8 Å². The average Bonchev–Trinajstić information content (AvgIpc) is 2.66. The summed E-state index contributed by atoms with van der Waals surface area (Å²) in [7, 11) is 5.09. The lowest BCUT2D eigenvalue weighted by molar-refractivity contribution is -0.957. The van der Waals surface area contributed by atoms with Crippen LogP contribution in [0.25, 0.3) is 0 Å². The summed E-state index contributed by atoms with van der Waals surface area (Å²) in [6.07, 6.45) is 1.03. The molecule has 0 aliphatic carbocycles. The smallest absolute Gasteiger partial charge is 0.166 e. The van der Waals surface area contributed by atoms with Crippen molar-refractivity contribution in [1.29, 1.82) is 0 Å². The van der Waals surface area contributed by atoms with E-state index < -0.39 is 0 Å². The molecule has 0 bridgehead atoms. The first-order chi connectivity index (χ1) is 12.6. The molecule has 1 unspecified atom stereocenters. The molecule has 3 atom stereocenters. The molecule has 5 nitrogen and oxygen atoms in total. The van der Waals surface area contributed by atoms with E-state index in [0.29, 0.717) is 6.04 Å². The fraction of sp³-hybridized carbons (Fsp3) is 0.429. The second-order valence-electron chi connectivity index (χ2n) is 7.05. The predicted octanol–water partition coefficient (Wildman–Crippen LogP) is 1.03. The Morgan fingerprint density at radius 1 is 1.08 bits per heavy atom. The normalized spacial score (nSPS) is 20.2. The predicted molar refractivity (Wildman–Crippen MR) is 101 cm³/mol. The number of ether oxygens (including phenoxy) is 3. The zero-order chi connectivity index (χ0) is 18.7. The van der Waals surface area contributed by atoms with Gasteiger partial charge in [0.1, 0.15) is 18.3 Å². The molecule has 1 aliphatic rings. The zero-order valence-electron chi connectivity index (χ0n) is 16.2. The Morgan fingerprint density at radius 3 is 2.46 bits per heavy atom. The molecule has 4 N–H and O–H groups in total. The molecular weight excluding hydrogens is 328 g/mol. The second-order valence-corrected chi connectivity index (χ2v) is 7.05. The minimum Gasteiger partial charge on any atom is -0.497 e. The average molecular weight is 358 g/mol. The number of methoxy groups -OCH3 is 3. The minimum absolute atomic E-state index is 0.285. The summed E-state index contributed by atoms with van der Waals surface area (Å²) < 4.78 is 16.4. The van der Waals surface area contributed by atoms with E-state index in [4.69, 9.17) is 14.2 Å². The highest BCUT2D eigenvalue weighted by Gasteiger charge is 2.36. The summed E-state index contributed by atoms with van der Waals surface area (Å²) in [6.45, 7) is 4.22. The van der Waals surface area contributed by atoms with E-state index >= 15 is 0 Å². The quantitative estimate of drug-likeness (QED) is 0.811. The van der Waals surface area contributed by atoms with Crippen LogP contribution in [-0.4, -0.2) is 33.9 Å². The monoisotopic (exact) mass is 358 g/mol. The van der Waals surface area contributed by atoms with Gasteiger partial charge in [-0.3, -0.25) is 0 Å². The largest absolute Gasteiger partial charge is 0.497 e.